The summed E-state index contributed by atoms with van der Waals surface area (Å²) in [5, 5.41) is 4.13. The van der Waals surface area contributed by atoms with Crippen molar-refractivity contribution < 1.29 is 4.74 Å². The largest absolute Gasteiger partial charge is 0.456 e. The van der Waals surface area contributed by atoms with Crippen LogP contribution >= 0.6 is 0 Å². The van der Waals surface area contributed by atoms with Crippen LogP contribution in [0.25, 0.3) is 10.9 Å². The molecule has 0 amide bonds. The Balaban J connectivity index is 1.87. The summed E-state index contributed by atoms with van der Waals surface area (Å²) in [6.07, 6.45) is 3.48. The van der Waals surface area contributed by atoms with Gasteiger partial charge in [0.2, 0.25) is 0 Å². The summed E-state index contributed by atoms with van der Waals surface area (Å²) in [5.74, 6) is 1.49. The van der Waals surface area contributed by atoms with Gasteiger partial charge in [-0.3, -0.25) is 9.97 Å². The maximum Gasteiger partial charge on any atom is 0.146 e. The van der Waals surface area contributed by atoms with Gasteiger partial charge in [0.25, 0.3) is 0 Å². The zero-order valence-corrected chi connectivity index (χ0v) is 11.2. The number of hydrogen-bond donors (Lipinski definition) is 1. The molecule has 4 nitrogen and oxygen atoms in total. The average molecular weight is 265 g/mol. The number of pyridine rings is 2. The number of aromatic nitrogens is 2. The van der Waals surface area contributed by atoms with Crippen LogP contribution in [-0.4, -0.2) is 17.0 Å². The normalized spacial score (nSPS) is 10.7. The topological polar surface area (TPSA) is 47.0 Å². The second kappa shape index (κ2) is 5.67. The quantitative estimate of drug-likeness (QED) is 0.787. The molecule has 3 aromatic rings. The maximum absolute atomic E-state index is 5.84. The SMILES string of the molecule is CNCc1cc(Oc2cnc3ccccc3c2)ccn1. The van der Waals surface area contributed by atoms with E-state index in [1.807, 2.05) is 49.5 Å². The summed E-state index contributed by atoms with van der Waals surface area (Å²) in [5.41, 5.74) is 1.91. The van der Waals surface area contributed by atoms with Gasteiger partial charge in [0, 0.05) is 24.2 Å². The van der Waals surface area contributed by atoms with Crippen LogP contribution in [0, 0.1) is 0 Å². The monoisotopic (exact) mass is 265 g/mol. The van der Waals surface area contributed by atoms with Crippen LogP contribution in [0.2, 0.25) is 0 Å². The Hall–Kier alpha value is -2.46. The van der Waals surface area contributed by atoms with Gasteiger partial charge in [0.1, 0.15) is 11.5 Å². The first-order valence-electron chi connectivity index (χ1n) is 6.47. The lowest BCUT2D eigenvalue weighted by Crippen LogP contribution is -2.06. The van der Waals surface area contributed by atoms with E-state index in [1.165, 1.54) is 0 Å². The Kier molecular flexibility index (Phi) is 3.56. The number of ether oxygens (including phenoxy) is 1. The summed E-state index contributed by atoms with van der Waals surface area (Å²) in [6.45, 7) is 0.715. The summed E-state index contributed by atoms with van der Waals surface area (Å²) >= 11 is 0. The molecule has 0 aliphatic carbocycles. The number of rotatable bonds is 4. The van der Waals surface area contributed by atoms with Crippen LogP contribution in [0.1, 0.15) is 5.69 Å². The minimum Gasteiger partial charge on any atom is -0.456 e. The van der Waals surface area contributed by atoms with Crippen molar-refractivity contribution in [1.82, 2.24) is 15.3 Å². The molecule has 100 valence electrons. The van der Waals surface area contributed by atoms with Crippen molar-refractivity contribution in [2.24, 2.45) is 0 Å². The van der Waals surface area contributed by atoms with Crippen molar-refractivity contribution >= 4 is 10.9 Å². The van der Waals surface area contributed by atoms with Crippen LogP contribution in [0.3, 0.4) is 0 Å². The van der Waals surface area contributed by atoms with Crippen molar-refractivity contribution in [3.63, 3.8) is 0 Å². The fraction of sp³-hybridized carbons (Fsp3) is 0.125. The average Bonchev–Trinajstić information content (AvgIpc) is 2.48. The number of fused-ring (bicyclic) bond motifs is 1. The molecule has 20 heavy (non-hydrogen) atoms. The minimum absolute atomic E-state index is 0.715. The third-order valence-electron chi connectivity index (χ3n) is 2.95. The molecule has 0 aliphatic heterocycles. The fourth-order valence-electron chi connectivity index (χ4n) is 2.04. The molecule has 1 aromatic carbocycles. The molecule has 0 saturated heterocycles. The van der Waals surface area contributed by atoms with Gasteiger partial charge in [-0.05, 0) is 25.2 Å². The van der Waals surface area contributed by atoms with E-state index in [0.717, 1.165) is 28.1 Å². The van der Waals surface area contributed by atoms with Crippen molar-refractivity contribution in [1.29, 1.82) is 0 Å². The Morgan fingerprint density at radius 1 is 1.05 bits per heavy atom. The predicted molar refractivity (Wildman–Crippen MR) is 78.8 cm³/mol. The van der Waals surface area contributed by atoms with E-state index in [-0.39, 0.29) is 0 Å². The molecule has 0 radical (unpaired) electrons. The molecule has 0 fully saturated rings. The van der Waals surface area contributed by atoms with Gasteiger partial charge in [0.15, 0.2) is 0 Å². The number of benzene rings is 1. The molecule has 1 N–H and O–H groups in total. The third-order valence-corrected chi connectivity index (χ3v) is 2.95. The van der Waals surface area contributed by atoms with Crippen molar-refractivity contribution in [2.75, 3.05) is 7.05 Å². The van der Waals surface area contributed by atoms with Crippen LogP contribution in [-0.2, 0) is 6.54 Å². The summed E-state index contributed by atoms with van der Waals surface area (Å²) in [7, 11) is 1.89. The van der Waals surface area contributed by atoms with E-state index in [2.05, 4.69) is 15.3 Å². The molecule has 0 unspecified atom stereocenters. The molecular weight excluding hydrogens is 250 g/mol. The first-order valence-corrected chi connectivity index (χ1v) is 6.47. The van der Waals surface area contributed by atoms with Gasteiger partial charge in [-0.2, -0.15) is 0 Å². The second-order valence-corrected chi connectivity index (χ2v) is 4.48. The molecule has 0 spiro atoms. The van der Waals surface area contributed by atoms with E-state index in [0.29, 0.717) is 6.54 Å². The van der Waals surface area contributed by atoms with E-state index in [4.69, 9.17) is 4.74 Å². The standard InChI is InChI=1S/C16H15N3O/c1-17-10-13-9-14(6-7-18-13)20-15-8-12-4-2-3-5-16(12)19-11-15/h2-9,11,17H,10H2,1H3. The van der Waals surface area contributed by atoms with Crippen LogP contribution < -0.4 is 10.1 Å². The molecule has 0 bridgehead atoms. The zero-order chi connectivity index (χ0) is 13.8. The van der Waals surface area contributed by atoms with E-state index in [1.54, 1.807) is 12.4 Å². The van der Waals surface area contributed by atoms with Gasteiger partial charge in [-0.15, -0.1) is 0 Å². The number of nitrogens with one attached hydrogen (secondary N) is 1. The van der Waals surface area contributed by atoms with Gasteiger partial charge < -0.3 is 10.1 Å². The second-order valence-electron chi connectivity index (χ2n) is 4.48. The number of nitrogens with zero attached hydrogens (tertiary/aromatic N) is 2. The Bertz CT molecular complexity index is 727. The van der Waals surface area contributed by atoms with Gasteiger partial charge in [0.05, 0.1) is 17.4 Å². The van der Waals surface area contributed by atoms with Crippen LogP contribution in [0.5, 0.6) is 11.5 Å². The summed E-state index contributed by atoms with van der Waals surface area (Å²) in [4.78, 5) is 8.65. The third kappa shape index (κ3) is 2.75. The molecular formula is C16H15N3O. The fourth-order valence-corrected chi connectivity index (χ4v) is 2.04. The van der Waals surface area contributed by atoms with Crippen LogP contribution in [0.15, 0.2) is 54.9 Å². The highest BCUT2D eigenvalue weighted by Crippen LogP contribution is 2.24. The summed E-state index contributed by atoms with van der Waals surface area (Å²) < 4.78 is 5.84. The number of hydrogen-bond acceptors (Lipinski definition) is 4. The molecule has 3 rings (SSSR count). The maximum atomic E-state index is 5.84. The van der Waals surface area contributed by atoms with Crippen molar-refractivity contribution in [3.05, 3.63) is 60.6 Å². The van der Waals surface area contributed by atoms with Gasteiger partial charge in [-0.25, -0.2) is 0 Å². The first kappa shape index (κ1) is 12.6. The van der Waals surface area contributed by atoms with E-state index in [9.17, 15) is 0 Å². The molecule has 2 heterocycles. The lowest BCUT2D eigenvalue weighted by molar-refractivity contribution is 0.479. The molecule has 4 heteroatoms. The van der Waals surface area contributed by atoms with E-state index >= 15 is 0 Å². The Morgan fingerprint density at radius 2 is 1.95 bits per heavy atom. The lowest BCUT2D eigenvalue weighted by atomic mass is 10.2. The van der Waals surface area contributed by atoms with E-state index < -0.39 is 0 Å². The molecule has 0 saturated carbocycles. The highest BCUT2D eigenvalue weighted by Gasteiger charge is 2.02. The van der Waals surface area contributed by atoms with Crippen molar-refractivity contribution in [3.8, 4) is 11.5 Å². The summed E-state index contributed by atoms with van der Waals surface area (Å²) in [6, 6.07) is 13.7. The smallest absolute Gasteiger partial charge is 0.146 e. The van der Waals surface area contributed by atoms with Crippen molar-refractivity contribution in [2.45, 2.75) is 6.54 Å². The number of para-hydroxylation sites is 1. The highest BCUT2D eigenvalue weighted by molar-refractivity contribution is 5.79. The Morgan fingerprint density at radius 3 is 2.85 bits per heavy atom. The highest BCUT2D eigenvalue weighted by atomic mass is 16.5. The van der Waals surface area contributed by atoms with Gasteiger partial charge >= 0.3 is 0 Å². The lowest BCUT2D eigenvalue weighted by Gasteiger charge is -2.07. The molecule has 0 aliphatic rings. The minimum atomic E-state index is 0.715. The molecule has 0 atom stereocenters. The van der Waals surface area contributed by atoms with Gasteiger partial charge in [-0.1, -0.05) is 18.2 Å². The molecule has 2 aromatic heterocycles. The first-order chi connectivity index (χ1) is 9.85. The predicted octanol–water partition coefficient (Wildman–Crippen LogP) is 3.14. The zero-order valence-electron chi connectivity index (χ0n) is 11.2. The Labute approximate surface area is 117 Å². The van der Waals surface area contributed by atoms with Crippen LogP contribution in [0.4, 0.5) is 0 Å².